The molecule has 0 unspecified atom stereocenters. The molecule has 0 aliphatic rings. The Morgan fingerprint density at radius 2 is 0.935 bits per heavy atom. The molecule has 0 heterocycles. The maximum absolute atomic E-state index is 13.6. The van der Waals surface area contributed by atoms with Crippen molar-refractivity contribution in [1.29, 1.82) is 0 Å². The number of alkyl halides is 6. The number of rotatable bonds is 18. The topological polar surface area (TPSA) is 76.7 Å². The molecule has 46 heavy (non-hydrogen) atoms. The van der Waals surface area contributed by atoms with Crippen LogP contribution in [0.5, 0.6) is 0 Å². The molecule has 2 rings (SSSR count). The van der Waals surface area contributed by atoms with Crippen molar-refractivity contribution in [2.75, 3.05) is 23.8 Å². The summed E-state index contributed by atoms with van der Waals surface area (Å²) in [5, 5.41) is 4.58. The van der Waals surface area contributed by atoms with Crippen LogP contribution >= 0.6 is 12.2 Å². The third kappa shape index (κ3) is 14.4. The van der Waals surface area contributed by atoms with E-state index in [1.807, 2.05) is 0 Å². The van der Waals surface area contributed by atoms with Crippen molar-refractivity contribution in [3.8, 4) is 0 Å². The van der Waals surface area contributed by atoms with Gasteiger partial charge in [-0.2, -0.15) is 26.3 Å². The van der Waals surface area contributed by atoms with E-state index in [2.05, 4.69) is 24.5 Å². The highest BCUT2D eigenvalue weighted by Crippen LogP contribution is 2.34. The maximum Gasteiger partial charge on any atom is 0.416 e. The first-order valence-electron chi connectivity index (χ1n) is 15.6. The number of halogens is 6. The summed E-state index contributed by atoms with van der Waals surface area (Å²) >= 11 is 5.15. The molecule has 0 amide bonds. The number of benzene rings is 2. The van der Waals surface area contributed by atoms with E-state index in [1.54, 1.807) is 0 Å². The van der Waals surface area contributed by atoms with Crippen LogP contribution in [0.2, 0.25) is 0 Å². The first-order valence-corrected chi connectivity index (χ1v) is 16.0. The second kappa shape index (κ2) is 19.3. The van der Waals surface area contributed by atoms with E-state index >= 15 is 0 Å². The first kappa shape index (κ1) is 38.8. The minimum absolute atomic E-state index is 0.0448. The van der Waals surface area contributed by atoms with Gasteiger partial charge in [0.15, 0.2) is 5.11 Å². The molecule has 256 valence electrons. The molecular weight excluding hydrogens is 634 g/mol. The molecule has 0 radical (unpaired) electrons. The molecule has 6 nitrogen and oxygen atoms in total. The van der Waals surface area contributed by atoms with Gasteiger partial charge in [0.1, 0.15) is 0 Å². The highest BCUT2D eigenvalue weighted by molar-refractivity contribution is 7.80. The van der Waals surface area contributed by atoms with Crippen LogP contribution in [0.15, 0.2) is 36.4 Å². The Morgan fingerprint density at radius 3 is 1.28 bits per heavy atom. The van der Waals surface area contributed by atoms with Gasteiger partial charge in [0.2, 0.25) is 0 Å². The number of anilines is 2. The molecule has 2 N–H and O–H groups in total. The standard InChI is InChI=1S/C33H42F6N2O4S/c1-3-5-7-9-11-13-15-44-29(42)23-17-25(32(34,35)36)21-27(19-23)40-31(46)41-28-20-24(18-26(22-28)33(37,38)39)30(43)45-16-14-12-10-8-6-4-2/h17-22H,3-16H2,1-2H3,(H2,40,41,46). The lowest BCUT2D eigenvalue weighted by atomic mass is 10.1. The van der Waals surface area contributed by atoms with Crippen LogP contribution in [-0.2, 0) is 21.8 Å². The fourth-order valence-electron chi connectivity index (χ4n) is 4.52. The monoisotopic (exact) mass is 676 g/mol. The Bertz CT molecular complexity index is 1190. The van der Waals surface area contributed by atoms with Crippen LogP contribution in [0.25, 0.3) is 0 Å². The number of thiocarbonyl (C=S) groups is 1. The van der Waals surface area contributed by atoms with E-state index < -0.39 is 35.4 Å². The van der Waals surface area contributed by atoms with Crippen LogP contribution in [0.3, 0.4) is 0 Å². The number of hydrogen-bond acceptors (Lipinski definition) is 5. The number of nitrogens with one attached hydrogen (secondary N) is 2. The van der Waals surface area contributed by atoms with Gasteiger partial charge >= 0.3 is 24.3 Å². The van der Waals surface area contributed by atoms with Crippen molar-refractivity contribution >= 4 is 40.6 Å². The van der Waals surface area contributed by atoms with E-state index in [0.29, 0.717) is 37.1 Å². The van der Waals surface area contributed by atoms with Crippen molar-refractivity contribution < 1.29 is 45.4 Å². The molecule has 0 spiro atoms. The molecule has 13 heteroatoms. The van der Waals surface area contributed by atoms with Crippen molar-refractivity contribution in [3.05, 3.63) is 58.7 Å². The van der Waals surface area contributed by atoms with Crippen molar-refractivity contribution in [3.63, 3.8) is 0 Å². The van der Waals surface area contributed by atoms with E-state index in [0.717, 1.165) is 76.3 Å². The van der Waals surface area contributed by atoms with Crippen molar-refractivity contribution in [2.45, 2.75) is 103 Å². The Balaban J connectivity index is 2.13. The number of carbonyl (C=O) groups is 2. The first-order chi connectivity index (χ1) is 21.7. The fraction of sp³-hybridized carbons (Fsp3) is 0.545. The third-order valence-electron chi connectivity index (χ3n) is 6.97. The zero-order valence-corrected chi connectivity index (χ0v) is 27.0. The van der Waals surface area contributed by atoms with Gasteiger partial charge in [-0.25, -0.2) is 9.59 Å². The molecular formula is C33H42F6N2O4S. The normalized spacial score (nSPS) is 11.7. The SMILES string of the molecule is CCCCCCCCOC(=O)c1cc(NC(=S)Nc2cc(C(=O)OCCCCCCCC)cc(C(F)(F)F)c2)cc(C(F)(F)F)c1. The minimum atomic E-state index is -4.81. The summed E-state index contributed by atoms with van der Waals surface area (Å²) in [5.41, 5.74) is -3.54. The quantitative estimate of drug-likeness (QED) is 0.0704. The molecule has 2 aromatic carbocycles. The van der Waals surface area contributed by atoms with Gasteiger partial charge in [-0.05, 0) is 61.5 Å². The van der Waals surface area contributed by atoms with Crippen LogP contribution < -0.4 is 10.6 Å². The highest BCUT2D eigenvalue weighted by Gasteiger charge is 2.33. The summed E-state index contributed by atoms with van der Waals surface area (Å²) in [7, 11) is 0. The Morgan fingerprint density at radius 1 is 0.587 bits per heavy atom. The second-order valence-corrected chi connectivity index (χ2v) is 11.4. The number of unbranched alkanes of at least 4 members (excludes halogenated alkanes) is 10. The lowest BCUT2D eigenvalue weighted by Crippen LogP contribution is -2.21. The predicted octanol–water partition coefficient (Wildman–Crippen LogP) is 10.6. The summed E-state index contributed by atoms with van der Waals surface area (Å²) in [4.78, 5) is 25.1. The number of esters is 2. The molecule has 0 atom stereocenters. The van der Waals surface area contributed by atoms with Crippen LogP contribution in [-0.4, -0.2) is 30.3 Å². The van der Waals surface area contributed by atoms with Gasteiger partial charge in [-0.1, -0.05) is 78.1 Å². The largest absolute Gasteiger partial charge is 0.462 e. The van der Waals surface area contributed by atoms with E-state index in [-0.39, 0.29) is 40.8 Å². The van der Waals surface area contributed by atoms with Crippen LogP contribution in [0.1, 0.15) is 123 Å². The van der Waals surface area contributed by atoms with Gasteiger partial charge < -0.3 is 20.1 Å². The molecule has 0 bridgehead atoms. The summed E-state index contributed by atoms with van der Waals surface area (Å²) < 4.78 is 92.1. The third-order valence-corrected chi connectivity index (χ3v) is 7.17. The van der Waals surface area contributed by atoms with Crippen LogP contribution in [0, 0.1) is 0 Å². The zero-order valence-electron chi connectivity index (χ0n) is 26.2. The van der Waals surface area contributed by atoms with Crippen molar-refractivity contribution in [2.24, 2.45) is 0 Å². The molecule has 0 saturated carbocycles. The zero-order chi connectivity index (χ0) is 34.2. The molecule has 0 aliphatic heterocycles. The number of carbonyl (C=O) groups excluding carboxylic acids is 2. The summed E-state index contributed by atoms with van der Waals surface area (Å²) in [6.45, 7) is 4.26. The van der Waals surface area contributed by atoms with Crippen molar-refractivity contribution in [1.82, 2.24) is 0 Å². The van der Waals surface area contributed by atoms with E-state index in [4.69, 9.17) is 21.7 Å². The van der Waals surface area contributed by atoms with Gasteiger partial charge in [0.05, 0.1) is 35.5 Å². The van der Waals surface area contributed by atoms with Gasteiger partial charge in [0.25, 0.3) is 0 Å². The summed E-state index contributed by atoms with van der Waals surface area (Å²) in [5.74, 6) is -1.91. The van der Waals surface area contributed by atoms with Gasteiger partial charge in [0, 0.05) is 11.4 Å². The average molecular weight is 677 g/mol. The Labute approximate surface area is 271 Å². The molecule has 0 fully saturated rings. The smallest absolute Gasteiger partial charge is 0.416 e. The average Bonchev–Trinajstić information content (AvgIpc) is 2.98. The highest BCUT2D eigenvalue weighted by atomic mass is 32.1. The molecule has 0 aromatic heterocycles. The maximum atomic E-state index is 13.6. The van der Waals surface area contributed by atoms with Gasteiger partial charge in [-0.15, -0.1) is 0 Å². The second-order valence-electron chi connectivity index (χ2n) is 11.0. The van der Waals surface area contributed by atoms with Crippen LogP contribution in [0.4, 0.5) is 37.7 Å². The lowest BCUT2D eigenvalue weighted by Gasteiger charge is -2.16. The lowest BCUT2D eigenvalue weighted by molar-refractivity contribution is -0.138. The van der Waals surface area contributed by atoms with E-state index in [9.17, 15) is 35.9 Å². The minimum Gasteiger partial charge on any atom is -0.462 e. The number of hydrogen-bond donors (Lipinski definition) is 2. The molecule has 0 aliphatic carbocycles. The number of ether oxygens (including phenoxy) is 2. The predicted molar refractivity (Wildman–Crippen MR) is 170 cm³/mol. The Hall–Kier alpha value is -3.35. The Kier molecular flexibility index (Phi) is 16.3. The van der Waals surface area contributed by atoms with Gasteiger partial charge in [-0.3, -0.25) is 0 Å². The summed E-state index contributed by atoms with van der Waals surface area (Å²) in [6.07, 6.45) is 1.50. The van der Waals surface area contributed by atoms with E-state index in [1.165, 1.54) is 0 Å². The summed E-state index contributed by atoms with van der Waals surface area (Å²) in [6, 6.07) is 4.92. The fourth-order valence-corrected chi connectivity index (χ4v) is 4.75. The molecule has 0 saturated heterocycles. The molecule has 2 aromatic rings.